The largest absolute Gasteiger partial charge is 0.393 e. The van der Waals surface area contributed by atoms with E-state index in [0.29, 0.717) is 11.8 Å². The first-order valence-electron chi connectivity index (χ1n) is 7.40. The number of hydrogen-bond donors (Lipinski definition) is 2. The van der Waals surface area contributed by atoms with Crippen LogP contribution in [0.3, 0.4) is 0 Å². The summed E-state index contributed by atoms with van der Waals surface area (Å²) in [5.41, 5.74) is 2.21. The van der Waals surface area contributed by atoms with Gasteiger partial charge >= 0.3 is 0 Å². The predicted molar refractivity (Wildman–Crippen MR) is 76.1 cm³/mol. The first-order chi connectivity index (χ1) is 9.19. The first-order valence-corrected chi connectivity index (χ1v) is 7.40. The minimum Gasteiger partial charge on any atom is -0.393 e. The molecule has 0 aromatic heterocycles. The molecule has 3 rings (SSSR count). The molecule has 1 saturated heterocycles. The minimum absolute atomic E-state index is 0.101. The molecule has 104 valence electrons. The molecule has 0 bridgehead atoms. The molecule has 1 aromatic rings. The Balaban J connectivity index is 1.70. The van der Waals surface area contributed by atoms with Crippen LogP contribution in [0.2, 0.25) is 0 Å². The van der Waals surface area contributed by atoms with Crippen molar-refractivity contribution in [3.8, 4) is 0 Å². The molecule has 3 nitrogen and oxygen atoms in total. The molecule has 1 aliphatic heterocycles. The van der Waals surface area contributed by atoms with E-state index in [4.69, 9.17) is 0 Å². The third-order valence-corrected chi connectivity index (χ3v) is 4.85. The highest BCUT2D eigenvalue weighted by atomic mass is 16.3. The van der Waals surface area contributed by atoms with E-state index in [0.717, 1.165) is 37.9 Å². The summed E-state index contributed by atoms with van der Waals surface area (Å²) in [7, 11) is 0. The van der Waals surface area contributed by atoms with E-state index in [1.165, 1.54) is 5.69 Å². The number of fused-ring (bicyclic) bond motifs is 1. The van der Waals surface area contributed by atoms with Crippen molar-refractivity contribution in [2.24, 2.45) is 11.8 Å². The van der Waals surface area contributed by atoms with E-state index in [9.17, 15) is 10.2 Å². The van der Waals surface area contributed by atoms with Crippen molar-refractivity contribution >= 4 is 5.69 Å². The van der Waals surface area contributed by atoms with Crippen molar-refractivity contribution < 1.29 is 10.2 Å². The zero-order valence-corrected chi connectivity index (χ0v) is 11.5. The molecular weight excluding hydrogens is 238 g/mol. The van der Waals surface area contributed by atoms with Gasteiger partial charge in [0.25, 0.3) is 0 Å². The van der Waals surface area contributed by atoms with Crippen LogP contribution < -0.4 is 4.90 Å². The quantitative estimate of drug-likeness (QED) is 0.877. The lowest BCUT2D eigenvalue weighted by Crippen LogP contribution is -2.24. The van der Waals surface area contributed by atoms with Gasteiger partial charge in [-0.15, -0.1) is 0 Å². The zero-order chi connectivity index (χ0) is 13.4. The van der Waals surface area contributed by atoms with E-state index in [2.05, 4.69) is 17.0 Å². The highest BCUT2D eigenvalue weighted by Gasteiger charge is 2.41. The Bertz CT molecular complexity index is 431. The van der Waals surface area contributed by atoms with Crippen molar-refractivity contribution in [2.75, 3.05) is 18.0 Å². The van der Waals surface area contributed by atoms with Gasteiger partial charge in [0, 0.05) is 24.7 Å². The molecule has 1 aliphatic carbocycles. The fourth-order valence-corrected chi connectivity index (χ4v) is 3.59. The molecule has 4 atom stereocenters. The van der Waals surface area contributed by atoms with Crippen LogP contribution >= 0.6 is 0 Å². The van der Waals surface area contributed by atoms with Gasteiger partial charge in [-0.1, -0.05) is 19.1 Å². The number of anilines is 1. The van der Waals surface area contributed by atoms with E-state index in [1.54, 1.807) is 0 Å². The Morgan fingerprint density at radius 1 is 1.21 bits per heavy atom. The number of hydrogen-bond acceptors (Lipinski definition) is 3. The molecule has 4 unspecified atom stereocenters. The molecular formula is C16H23NO2. The Morgan fingerprint density at radius 2 is 1.95 bits per heavy atom. The normalized spacial score (nSPS) is 31.5. The number of nitrogens with zero attached hydrogens (tertiary/aromatic N) is 1. The number of benzene rings is 1. The molecule has 2 N–H and O–H groups in total. The summed E-state index contributed by atoms with van der Waals surface area (Å²) in [5, 5.41) is 19.8. The van der Waals surface area contributed by atoms with Crippen LogP contribution in [-0.4, -0.2) is 29.4 Å². The molecule has 2 aliphatic rings. The smallest absolute Gasteiger partial charge is 0.0787 e. The molecule has 2 fully saturated rings. The fourth-order valence-electron chi connectivity index (χ4n) is 3.59. The van der Waals surface area contributed by atoms with Crippen LogP contribution in [-0.2, 0) is 0 Å². The van der Waals surface area contributed by atoms with Crippen LogP contribution in [0.1, 0.15) is 37.9 Å². The van der Waals surface area contributed by atoms with Gasteiger partial charge in [-0.25, -0.2) is 0 Å². The van der Waals surface area contributed by atoms with E-state index >= 15 is 0 Å². The van der Waals surface area contributed by atoms with Crippen molar-refractivity contribution in [3.05, 3.63) is 29.8 Å². The zero-order valence-electron chi connectivity index (χ0n) is 11.5. The van der Waals surface area contributed by atoms with Crippen LogP contribution in [0, 0.1) is 11.8 Å². The SMILES string of the molecule is CCC(O)c1ccc(N2CC3CCC(O)C3C2)cc1. The third kappa shape index (κ3) is 2.37. The summed E-state index contributed by atoms with van der Waals surface area (Å²) in [4.78, 5) is 2.37. The second-order valence-electron chi connectivity index (χ2n) is 5.99. The maximum Gasteiger partial charge on any atom is 0.0787 e. The molecule has 1 aromatic carbocycles. The topological polar surface area (TPSA) is 43.7 Å². The average molecular weight is 261 g/mol. The Labute approximate surface area is 114 Å². The van der Waals surface area contributed by atoms with Crippen molar-refractivity contribution in [3.63, 3.8) is 0 Å². The van der Waals surface area contributed by atoms with Gasteiger partial charge in [-0.3, -0.25) is 0 Å². The predicted octanol–water partition coefficient (Wildman–Crippen LogP) is 2.34. The third-order valence-electron chi connectivity index (χ3n) is 4.85. The Hall–Kier alpha value is -1.06. The lowest BCUT2D eigenvalue weighted by atomic mass is 10.00. The molecule has 19 heavy (non-hydrogen) atoms. The monoisotopic (exact) mass is 261 g/mol. The lowest BCUT2D eigenvalue weighted by Gasteiger charge is -2.21. The molecule has 1 heterocycles. The minimum atomic E-state index is -0.353. The Kier molecular flexibility index (Phi) is 3.50. The molecule has 3 heteroatoms. The second kappa shape index (κ2) is 5.14. The average Bonchev–Trinajstić information content (AvgIpc) is 3.01. The van der Waals surface area contributed by atoms with Crippen LogP contribution in [0.5, 0.6) is 0 Å². The summed E-state index contributed by atoms with van der Waals surface area (Å²) >= 11 is 0. The molecule has 0 amide bonds. The summed E-state index contributed by atoms with van der Waals surface area (Å²) in [6.07, 6.45) is 2.43. The van der Waals surface area contributed by atoms with Gasteiger partial charge in [-0.2, -0.15) is 0 Å². The van der Waals surface area contributed by atoms with Gasteiger partial charge in [0.15, 0.2) is 0 Å². The van der Waals surface area contributed by atoms with Gasteiger partial charge in [0.05, 0.1) is 12.2 Å². The highest BCUT2D eigenvalue weighted by molar-refractivity contribution is 5.49. The van der Waals surface area contributed by atoms with Crippen LogP contribution in [0.25, 0.3) is 0 Å². The molecule has 0 spiro atoms. The Morgan fingerprint density at radius 3 is 2.58 bits per heavy atom. The highest BCUT2D eigenvalue weighted by Crippen LogP contribution is 2.39. The van der Waals surface area contributed by atoms with Crippen LogP contribution in [0.4, 0.5) is 5.69 Å². The van der Waals surface area contributed by atoms with Crippen molar-refractivity contribution in [1.82, 2.24) is 0 Å². The number of rotatable bonds is 3. The maximum atomic E-state index is 9.95. The molecule has 1 saturated carbocycles. The lowest BCUT2D eigenvalue weighted by molar-refractivity contribution is 0.133. The number of aliphatic hydroxyl groups is 2. The van der Waals surface area contributed by atoms with Crippen molar-refractivity contribution in [1.29, 1.82) is 0 Å². The molecule has 0 radical (unpaired) electrons. The standard InChI is InChI=1S/C16H23NO2/c1-2-15(18)11-3-6-13(7-4-11)17-9-12-5-8-16(19)14(12)10-17/h3-4,6-7,12,14-16,18-19H,2,5,8-10H2,1H3. The van der Waals surface area contributed by atoms with Crippen LogP contribution in [0.15, 0.2) is 24.3 Å². The first kappa shape index (κ1) is 12.9. The van der Waals surface area contributed by atoms with E-state index in [1.807, 2.05) is 19.1 Å². The van der Waals surface area contributed by atoms with Gasteiger partial charge in [-0.05, 0) is 42.9 Å². The maximum absolute atomic E-state index is 9.95. The van der Waals surface area contributed by atoms with E-state index < -0.39 is 0 Å². The van der Waals surface area contributed by atoms with Gasteiger partial charge in [0.1, 0.15) is 0 Å². The summed E-state index contributed by atoms with van der Waals surface area (Å²) in [6, 6.07) is 8.24. The second-order valence-corrected chi connectivity index (χ2v) is 5.99. The number of aliphatic hydroxyl groups excluding tert-OH is 2. The van der Waals surface area contributed by atoms with Gasteiger partial charge in [0.2, 0.25) is 0 Å². The van der Waals surface area contributed by atoms with Gasteiger partial charge < -0.3 is 15.1 Å². The fraction of sp³-hybridized carbons (Fsp3) is 0.625. The summed E-state index contributed by atoms with van der Waals surface area (Å²) < 4.78 is 0. The summed E-state index contributed by atoms with van der Waals surface area (Å²) in [6.45, 7) is 4.03. The summed E-state index contributed by atoms with van der Waals surface area (Å²) in [5.74, 6) is 1.12. The van der Waals surface area contributed by atoms with E-state index in [-0.39, 0.29) is 12.2 Å². The van der Waals surface area contributed by atoms with Crippen molar-refractivity contribution in [2.45, 2.75) is 38.4 Å².